The Balaban J connectivity index is 2.40. The van der Waals surface area contributed by atoms with Crippen LogP contribution in [-0.4, -0.2) is 18.0 Å². The number of nitrogens with two attached hydrogens (primary N) is 1. The van der Waals surface area contributed by atoms with Gasteiger partial charge in [-0.3, -0.25) is 4.90 Å². The molecule has 1 unspecified atom stereocenters. The van der Waals surface area contributed by atoms with Gasteiger partial charge in [0.05, 0.1) is 5.56 Å². The molecule has 2 nitrogen and oxygen atoms in total. The first-order valence-corrected chi connectivity index (χ1v) is 6.47. The molecule has 1 aliphatic heterocycles. The predicted octanol–water partition coefficient (Wildman–Crippen LogP) is 3.18. The van der Waals surface area contributed by atoms with E-state index in [2.05, 4.69) is 13.8 Å². The third-order valence-electron chi connectivity index (χ3n) is 3.50. The second kappa shape index (κ2) is 5.13. The smallest absolute Gasteiger partial charge is 0.329 e. The average molecular weight is 272 g/mol. The quantitative estimate of drug-likeness (QED) is 0.915. The van der Waals surface area contributed by atoms with Gasteiger partial charge in [0.2, 0.25) is 0 Å². The normalized spacial score (nSPS) is 20.1. The van der Waals surface area contributed by atoms with E-state index < -0.39 is 11.7 Å². The van der Waals surface area contributed by atoms with Gasteiger partial charge in [-0.05, 0) is 23.1 Å². The fraction of sp³-hybridized carbons (Fsp3) is 0.571. The molecule has 0 radical (unpaired) electrons. The molecule has 1 atom stereocenters. The van der Waals surface area contributed by atoms with E-state index in [1.165, 1.54) is 6.07 Å². The van der Waals surface area contributed by atoms with Crippen molar-refractivity contribution in [3.05, 3.63) is 34.9 Å². The van der Waals surface area contributed by atoms with Crippen molar-refractivity contribution < 1.29 is 13.2 Å². The van der Waals surface area contributed by atoms with Gasteiger partial charge >= 0.3 is 6.18 Å². The third kappa shape index (κ3) is 2.77. The van der Waals surface area contributed by atoms with Crippen LogP contribution in [0.15, 0.2) is 18.2 Å². The second-order valence-corrected chi connectivity index (χ2v) is 5.45. The van der Waals surface area contributed by atoms with E-state index in [1.54, 1.807) is 6.07 Å². The maximum absolute atomic E-state index is 13.0. The minimum atomic E-state index is -4.29. The molecule has 0 saturated heterocycles. The van der Waals surface area contributed by atoms with Crippen molar-refractivity contribution in [2.45, 2.75) is 32.6 Å². The van der Waals surface area contributed by atoms with Crippen LogP contribution in [0.5, 0.6) is 0 Å². The molecule has 1 aromatic carbocycles. The Labute approximate surface area is 111 Å². The minimum Gasteiger partial charge on any atom is -0.329 e. The Morgan fingerprint density at radius 1 is 1.37 bits per heavy atom. The number of hydrogen-bond acceptors (Lipinski definition) is 2. The first kappa shape index (κ1) is 14.3. The Bertz CT molecular complexity index is 454. The van der Waals surface area contributed by atoms with Gasteiger partial charge in [-0.25, -0.2) is 0 Å². The molecule has 0 spiro atoms. The monoisotopic (exact) mass is 272 g/mol. The van der Waals surface area contributed by atoms with Crippen molar-refractivity contribution in [3.8, 4) is 0 Å². The maximum Gasteiger partial charge on any atom is 0.416 e. The number of rotatable bonds is 3. The van der Waals surface area contributed by atoms with E-state index >= 15 is 0 Å². The number of alkyl halides is 3. The molecule has 106 valence electrons. The lowest BCUT2D eigenvalue weighted by molar-refractivity contribution is -0.138. The molecular formula is C14H19F3N2. The van der Waals surface area contributed by atoms with Crippen molar-refractivity contribution in [2.24, 2.45) is 11.7 Å². The average Bonchev–Trinajstić information content (AvgIpc) is 2.63. The van der Waals surface area contributed by atoms with Crippen molar-refractivity contribution >= 4 is 0 Å². The lowest BCUT2D eigenvalue weighted by atomic mass is 9.99. The molecule has 0 fully saturated rings. The van der Waals surface area contributed by atoms with Crippen molar-refractivity contribution in [1.29, 1.82) is 0 Å². The summed E-state index contributed by atoms with van der Waals surface area (Å²) in [7, 11) is 0. The van der Waals surface area contributed by atoms with Gasteiger partial charge in [0, 0.05) is 25.7 Å². The van der Waals surface area contributed by atoms with Gasteiger partial charge in [-0.15, -0.1) is 0 Å². The first-order chi connectivity index (χ1) is 8.84. The topological polar surface area (TPSA) is 29.3 Å². The lowest BCUT2D eigenvalue weighted by Gasteiger charge is -2.25. The van der Waals surface area contributed by atoms with Gasteiger partial charge in [-0.1, -0.05) is 26.0 Å². The summed E-state index contributed by atoms with van der Waals surface area (Å²) in [6, 6.07) is 4.30. The molecule has 5 heteroatoms. The fourth-order valence-corrected chi connectivity index (χ4v) is 2.81. The van der Waals surface area contributed by atoms with Crippen LogP contribution in [0.1, 0.15) is 36.6 Å². The molecule has 1 aliphatic rings. The Hall–Kier alpha value is -1.07. The largest absolute Gasteiger partial charge is 0.416 e. The van der Waals surface area contributed by atoms with Gasteiger partial charge in [0.1, 0.15) is 0 Å². The van der Waals surface area contributed by atoms with E-state index in [-0.39, 0.29) is 6.04 Å². The van der Waals surface area contributed by atoms with E-state index in [4.69, 9.17) is 5.73 Å². The Morgan fingerprint density at radius 3 is 2.58 bits per heavy atom. The van der Waals surface area contributed by atoms with Crippen molar-refractivity contribution in [2.75, 3.05) is 13.1 Å². The zero-order valence-corrected chi connectivity index (χ0v) is 11.2. The summed E-state index contributed by atoms with van der Waals surface area (Å²) in [5, 5.41) is 0. The van der Waals surface area contributed by atoms with E-state index in [0.29, 0.717) is 24.6 Å². The van der Waals surface area contributed by atoms with Crippen LogP contribution in [0.3, 0.4) is 0 Å². The second-order valence-electron chi connectivity index (χ2n) is 5.45. The summed E-state index contributed by atoms with van der Waals surface area (Å²) in [6.07, 6.45) is -4.29. The fourth-order valence-electron chi connectivity index (χ4n) is 2.81. The number of halogens is 3. The summed E-state index contributed by atoms with van der Waals surface area (Å²) in [4.78, 5) is 2.05. The number of fused-ring (bicyclic) bond motifs is 1. The highest BCUT2D eigenvalue weighted by Crippen LogP contribution is 2.41. The molecule has 1 aromatic rings. The van der Waals surface area contributed by atoms with Crippen LogP contribution >= 0.6 is 0 Å². The highest BCUT2D eigenvalue weighted by molar-refractivity contribution is 5.42. The summed E-state index contributed by atoms with van der Waals surface area (Å²) in [5.74, 6) is 0.401. The lowest BCUT2D eigenvalue weighted by Crippen LogP contribution is -2.30. The van der Waals surface area contributed by atoms with Gasteiger partial charge in [0.25, 0.3) is 0 Å². The van der Waals surface area contributed by atoms with Gasteiger partial charge in [-0.2, -0.15) is 13.2 Å². The summed E-state index contributed by atoms with van der Waals surface area (Å²) >= 11 is 0. The van der Waals surface area contributed by atoms with E-state index in [9.17, 15) is 13.2 Å². The molecule has 19 heavy (non-hydrogen) atoms. The Kier molecular flexibility index (Phi) is 3.87. The molecule has 0 aliphatic carbocycles. The molecular weight excluding hydrogens is 253 g/mol. The summed E-state index contributed by atoms with van der Waals surface area (Å²) in [5.41, 5.74) is 6.36. The molecule has 2 rings (SSSR count). The molecule has 0 amide bonds. The number of nitrogens with zero attached hydrogens (tertiary/aromatic N) is 1. The molecule has 1 heterocycles. The Morgan fingerprint density at radius 2 is 2.05 bits per heavy atom. The molecule has 0 saturated carbocycles. The zero-order valence-electron chi connectivity index (χ0n) is 11.2. The van der Waals surface area contributed by atoms with Crippen molar-refractivity contribution in [3.63, 3.8) is 0 Å². The standard InChI is InChI=1S/C14H19F3N2/c1-9(2)7-19-8-11-10(13(19)6-18)4-3-5-12(11)14(15,16)17/h3-5,9,13H,6-8,18H2,1-2H3. The predicted molar refractivity (Wildman–Crippen MR) is 68.5 cm³/mol. The van der Waals surface area contributed by atoms with Crippen LogP contribution in [0.25, 0.3) is 0 Å². The maximum atomic E-state index is 13.0. The van der Waals surface area contributed by atoms with Crippen LogP contribution < -0.4 is 5.73 Å². The summed E-state index contributed by atoms with van der Waals surface area (Å²) < 4.78 is 39.0. The van der Waals surface area contributed by atoms with Gasteiger partial charge < -0.3 is 5.73 Å². The highest BCUT2D eigenvalue weighted by atomic mass is 19.4. The van der Waals surface area contributed by atoms with Crippen LogP contribution in [0, 0.1) is 5.92 Å². The third-order valence-corrected chi connectivity index (χ3v) is 3.50. The first-order valence-electron chi connectivity index (χ1n) is 6.47. The summed E-state index contributed by atoms with van der Waals surface area (Å²) in [6.45, 7) is 5.56. The van der Waals surface area contributed by atoms with Crippen LogP contribution in [-0.2, 0) is 12.7 Å². The minimum absolute atomic E-state index is 0.0975. The molecule has 2 N–H and O–H groups in total. The van der Waals surface area contributed by atoms with Crippen LogP contribution in [0.2, 0.25) is 0 Å². The van der Waals surface area contributed by atoms with Gasteiger partial charge in [0.15, 0.2) is 0 Å². The highest BCUT2D eigenvalue weighted by Gasteiger charge is 2.39. The molecule has 0 aromatic heterocycles. The van der Waals surface area contributed by atoms with Crippen molar-refractivity contribution in [1.82, 2.24) is 4.90 Å². The van der Waals surface area contributed by atoms with E-state index in [1.807, 2.05) is 4.90 Å². The number of benzene rings is 1. The van der Waals surface area contributed by atoms with E-state index in [0.717, 1.165) is 18.2 Å². The SMILES string of the molecule is CC(C)CN1Cc2c(cccc2C(F)(F)F)C1CN. The van der Waals surface area contributed by atoms with Crippen LogP contribution in [0.4, 0.5) is 13.2 Å². The number of hydrogen-bond donors (Lipinski definition) is 1. The molecule has 0 bridgehead atoms. The zero-order chi connectivity index (χ0) is 14.2.